The van der Waals surface area contributed by atoms with Gasteiger partial charge in [-0.25, -0.2) is 9.07 Å². The van der Waals surface area contributed by atoms with E-state index in [-0.39, 0.29) is 12.3 Å². The van der Waals surface area contributed by atoms with Crippen molar-refractivity contribution in [2.24, 2.45) is 5.41 Å². The molecule has 0 saturated heterocycles. The van der Waals surface area contributed by atoms with Gasteiger partial charge in [-0.3, -0.25) is 4.79 Å². The lowest BCUT2D eigenvalue weighted by Crippen LogP contribution is -2.30. The van der Waals surface area contributed by atoms with E-state index in [4.69, 9.17) is 9.84 Å². The lowest BCUT2D eigenvalue weighted by Gasteiger charge is -2.19. The Morgan fingerprint density at radius 1 is 1.48 bits per heavy atom. The van der Waals surface area contributed by atoms with Gasteiger partial charge in [-0.1, -0.05) is 0 Å². The van der Waals surface area contributed by atoms with Crippen molar-refractivity contribution in [3.8, 4) is 17.1 Å². The number of nitrogens with zero attached hydrogens (tertiary/aromatic N) is 4. The van der Waals surface area contributed by atoms with Crippen molar-refractivity contribution in [3.05, 3.63) is 24.0 Å². The summed E-state index contributed by atoms with van der Waals surface area (Å²) >= 11 is 0. The third-order valence-electron chi connectivity index (χ3n) is 3.07. The van der Waals surface area contributed by atoms with Crippen LogP contribution in [-0.4, -0.2) is 38.4 Å². The molecule has 2 aromatic rings. The molecule has 8 heteroatoms. The zero-order valence-corrected chi connectivity index (χ0v) is 11.9. The molecule has 0 aliphatic heterocycles. The molecular weight excluding hydrogens is 279 g/mol. The summed E-state index contributed by atoms with van der Waals surface area (Å²) in [7, 11) is 1.37. The Morgan fingerprint density at radius 2 is 2.19 bits per heavy atom. The van der Waals surface area contributed by atoms with Gasteiger partial charge in [-0.05, 0) is 42.5 Å². The lowest BCUT2D eigenvalue weighted by atomic mass is 9.94. The Labute approximate surface area is 120 Å². The second kappa shape index (κ2) is 5.47. The second-order valence-corrected chi connectivity index (χ2v) is 5.20. The summed E-state index contributed by atoms with van der Waals surface area (Å²) in [5.41, 5.74) is -0.603. The first-order valence-corrected chi connectivity index (χ1v) is 6.18. The molecule has 2 rings (SSSR count). The molecule has 0 atom stereocenters. The van der Waals surface area contributed by atoms with E-state index in [0.717, 1.165) is 0 Å². The highest BCUT2D eigenvalue weighted by Gasteiger charge is 2.29. The molecule has 21 heavy (non-hydrogen) atoms. The maximum absolute atomic E-state index is 13.7. The van der Waals surface area contributed by atoms with Crippen molar-refractivity contribution in [2.45, 2.75) is 20.4 Å². The number of carboxylic acid groups (broad SMARTS) is 1. The van der Waals surface area contributed by atoms with Crippen LogP contribution in [0.1, 0.15) is 13.8 Å². The number of rotatable bonds is 5. The third kappa shape index (κ3) is 2.99. The summed E-state index contributed by atoms with van der Waals surface area (Å²) in [6.45, 7) is 3.20. The lowest BCUT2D eigenvalue weighted by molar-refractivity contribution is -0.147. The summed E-state index contributed by atoms with van der Waals surface area (Å²) in [6, 6.07) is 4.32. The fourth-order valence-electron chi connectivity index (χ4n) is 1.77. The van der Waals surface area contributed by atoms with Crippen LogP contribution in [0, 0.1) is 11.2 Å². The number of carboxylic acids is 1. The number of benzene rings is 1. The molecule has 1 heterocycles. The van der Waals surface area contributed by atoms with Crippen LogP contribution < -0.4 is 4.74 Å². The van der Waals surface area contributed by atoms with Crippen LogP contribution >= 0.6 is 0 Å². The van der Waals surface area contributed by atoms with Gasteiger partial charge >= 0.3 is 5.97 Å². The zero-order chi connectivity index (χ0) is 15.6. The van der Waals surface area contributed by atoms with E-state index in [2.05, 4.69) is 15.5 Å². The number of hydrogen-bond acceptors (Lipinski definition) is 5. The molecule has 0 saturated carbocycles. The molecule has 0 radical (unpaired) electrons. The SMILES string of the molecule is COc1ccc(-c2nnnn2CC(C)(C)C(=O)O)cc1F. The largest absolute Gasteiger partial charge is 0.494 e. The highest BCUT2D eigenvalue weighted by atomic mass is 19.1. The van der Waals surface area contributed by atoms with Crippen molar-refractivity contribution in [1.29, 1.82) is 0 Å². The van der Waals surface area contributed by atoms with Crippen LogP contribution in [0.3, 0.4) is 0 Å². The molecule has 112 valence electrons. The van der Waals surface area contributed by atoms with Crippen LogP contribution in [0.25, 0.3) is 11.4 Å². The van der Waals surface area contributed by atoms with Gasteiger partial charge in [0.25, 0.3) is 0 Å². The van der Waals surface area contributed by atoms with E-state index in [0.29, 0.717) is 11.4 Å². The molecule has 0 amide bonds. The highest BCUT2D eigenvalue weighted by Crippen LogP contribution is 2.26. The van der Waals surface area contributed by atoms with Crippen molar-refractivity contribution in [2.75, 3.05) is 7.11 Å². The second-order valence-electron chi connectivity index (χ2n) is 5.20. The maximum atomic E-state index is 13.7. The van der Waals surface area contributed by atoms with Crippen LogP contribution in [0.2, 0.25) is 0 Å². The average molecular weight is 294 g/mol. The van der Waals surface area contributed by atoms with Gasteiger partial charge in [0.1, 0.15) is 0 Å². The predicted molar refractivity (Wildman–Crippen MR) is 71.2 cm³/mol. The molecule has 0 unspecified atom stereocenters. The van der Waals surface area contributed by atoms with Crippen LogP contribution in [0.5, 0.6) is 5.75 Å². The predicted octanol–water partition coefficient (Wildman–Crippen LogP) is 1.60. The van der Waals surface area contributed by atoms with Gasteiger partial charge in [0, 0.05) is 5.56 Å². The van der Waals surface area contributed by atoms with Gasteiger partial charge in [-0.2, -0.15) is 0 Å². The summed E-state index contributed by atoms with van der Waals surface area (Å²) in [5.74, 6) is -1.10. The van der Waals surface area contributed by atoms with Gasteiger partial charge in [0.05, 0.1) is 19.1 Å². The number of ether oxygens (including phenoxy) is 1. The van der Waals surface area contributed by atoms with Crippen LogP contribution in [0.4, 0.5) is 4.39 Å². The molecule has 1 N–H and O–H groups in total. The fourth-order valence-corrected chi connectivity index (χ4v) is 1.77. The maximum Gasteiger partial charge on any atom is 0.310 e. The minimum Gasteiger partial charge on any atom is -0.494 e. The van der Waals surface area contributed by atoms with Crippen molar-refractivity contribution in [1.82, 2.24) is 20.2 Å². The number of carbonyl (C=O) groups is 1. The standard InChI is InChI=1S/C13H15FN4O3/c1-13(2,12(19)20)7-18-11(15-16-17-18)8-4-5-10(21-3)9(14)6-8/h4-6H,7H2,1-3H3,(H,19,20). The van der Waals surface area contributed by atoms with E-state index < -0.39 is 17.2 Å². The average Bonchev–Trinajstić information content (AvgIpc) is 2.85. The Kier molecular flexibility index (Phi) is 3.88. The number of aromatic nitrogens is 4. The molecule has 0 aliphatic carbocycles. The number of tetrazole rings is 1. The summed E-state index contributed by atoms with van der Waals surface area (Å²) in [6.07, 6.45) is 0. The monoisotopic (exact) mass is 294 g/mol. The summed E-state index contributed by atoms with van der Waals surface area (Å²) < 4.78 is 19.9. The van der Waals surface area contributed by atoms with Crippen molar-refractivity contribution < 1.29 is 19.0 Å². The fraction of sp³-hybridized carbons (Fsp3) is 0.385. The zero-order valence-electron chi connectivity index (χ0n) is 11.9. The highest BCUT2D eigenvalue weighted by molar-refractivity contribution is 5.73. The van der Waals surface area contributed by atoms with E-state index in [1.807, 2.05) is 0 Å². The Morgan fingerprint density at radius 3 is 2.76 bits per heavy atom. The number of aliphatic carboxylic acids is 1. The molecule has 7 nitrogen and oxygen atoms in total. The first-order valence-electron chi connectivity index (χ1n) is 6.18. The summed E-state index contributed by atoms with van der Waals surface area (Å²) in [5, 5.41) is 20.3. The van der Waals surface area contributed by atoms with Crippen LogP contribution in [-0.2, 0) is 11.3 Å². The molecule has 0 aliphatic rings. The third-order valence-corrected chi connectivity index (χ3v) is 3.07. The Bertz CT molecular complexity index is 669. The molecule has 0 bridgehead atoms. The first kappa shape index (κ1) is 14.9. The quantitative estimate of drug-likeness (QED) is 0.900. The topological polar surface area (TPSA) is 90.1 Å². The van der Waals surface area contributed by atoms with Gasteiger partial charge < -0.3 is 9.84 Å². The minimum atomic E-state index is -1.05. The number of methoxy groups -OCH3 is 1. The van der Waals surface area contributed by atoms with Gasteiger partial charge in [0.2, 0.25) is 0 Å². The van der Waals surface area contributed by atoms with Crippen molar-refractivity contribution in [3.63, 3.8) is 0 Å². The van der Waals surface area contributed by atoms with Crippen LogP contribution in [0.15, 0.2) is 18.2 Å². The number of halogens is 1. The van der Waals surface area contributed by atoms with Gasteiger partial charge in [0.15, 0.2) is 17.4 Å². The minimum absolute atomic E-state index is 0.0678. The molecular formula is C13H15FN4O3. The number of hydrogen-bond donors (Lipinski definition) is 1. The molecule has 1 aromatic heterocycles. The van der Waals surface area contributed by atoms with E-state index in [1.54, 1.807) is 19.9 Å². The summed E-state index contributed by atoms with van der Waals surface area (Å²) in [4.78, 5) is 11.2. The Hall–Kier alpha value is -2.51. The van der Waals surface area contributed by atoms with Crippen molar-refractivity contribution >= 4 is 5.97 Å². The molecule has 0 fully saturated rings. The van der Waals surface area contributed by atoms with E-state index in [9.17, 15) is 9.18 Å². The van der Waals surface area contributed by atoms with Gasteiger partial charge in [-0.15, -0.1) is 5.10 Å². The van der Waals surface area contributed by atoms with E-state index >= 15 is 0 Å². The normalized spacial score (nSPS) is 11.4. The van der Waals surface area contributed by atoms with E-state index in [1.165, 1.54) is 23.9 Å². The smallest absolute Gasteiger partial charge is 0.310 e. The first-order chi connectivity index (χ1) is 9.85. The Balaban J connectivity index is 2.37. The molecule has 0 spiro atoms. The molecule has 1 aromatic carbocycles.